The number of rotatable bonds is 6. The van der Waals surface area contributed by atoms with E-state index >= 15 is 0 Å². The highest BCUT2D eigenvalue weighted by atomic mass is 16.5. The number of aliphatic hydroxyl groups is 1. The van der Waals surface area contributed by atoms with Gasteiger partial charge in [-0.25, -0.2) is 4.68 Å². The number of aryl methyl sites for hydroxylation is 1. The molecule has 10 nitrogen and oxygen atoms in total. The zero-order valence-electron chi connectivity index (χ0n) is 21.6. The highest BCUT2D eigenvalue weighted by Crippen LogP contribution is 2.34. The molecule has 0 radical (unpaired) electrons. The minimum atomic E-state index is -0.250. The normalized spacial score (nSPS) is 22.4. The third kappa shape index (κ3) is 6.54. The molecule has 1 N–H and O–H groups in total. The number of carbonyl (C=O) groups is 1. The van der Waals surface area contributed by atoms with Crippen molar-refractivity contribution < 1.29 is 24.1 Å². The molecule has 0 spiro atoms. The summed E-state index contributed by atoms with van der Waals surface area (Å²) < 4.78 is 20.1. The summed E-state index contributed by atoms with van der Waals surface area (Å²) >= 11 is 0. The number of hydrogen-bond acceptors (Lipinski definition) is 8. The molecule has 1 aromatic heterocycles. The third-order valence-corrected chi connectivity index (χ3v) is 6.92. The molecule has 0 unspecified atom stereocenters. The fraction of sp³-hybridized carbons (Fsp3) is 0.654. The van der Waals surface area contributed by atoms with Crippen LogP contribution in [0.3, 0.4) is 0 Å². The van der Waals surface area contributed by atoms with Crippen molar-refractivity contribution in [1.29, 1.82) is 0 Å². The van der Waals surface area contributed by atoms with E-state index in [2.05, 4.69) is 35.2 Å². The number of fused-ring (bicyclic) bond motifs is 2. The first-order valence-electron chi connectivity index (χ1n) is 12.9. The van der Waals surface area contributed by atoms with Crippen LogP contribution in [0, 0.1) is 5.92 Å². The second-order valence-corrected chi connectivity index (χ2v) is 9.95. The zero-order chi connectivity index (χ0) is 25.5. The van der Waals surface area contributed by atoms with E-state index in [4.69, 9.17) is 14.2 Å². The molecular weight excluding hydrogens is 462 g/mol. The fourth-order valence-corrected chi connectivity index (χ4v) is 4.79. The summed E-state index contributed by atoms with van der Waals surface area (Å²) in [5.41, 5.74) is 1.98. The smallest absolute Gasteiger partial charge is 0.222 e. The lowest BCUT2D eigenvalue weighted by molar-refractivity contribution is -0.136. The zero-order valence-corrected chi connectivity index (χ0v) is 21.6. The number of likely N-dealkylation sites (N-methyl/N-ethyl adjacent to an activating group) is 1. The molecule has 0 saturated heterocycles. The topological polar surface area (TPSA) is 102 Å². The Balaban J connectivity index is 1.51. The van der Waals surface area contributed by atoms with Gasteiger partial charge in [-0.15, -0.1) is 5.10 Å². The van der Waals surface area contributed by atoms with Gasteiger partial charge in [0.15, 0.2) is 11.5 Å². The highest BCUT2D eigenvalue weighted by molar-refractivity contribution is 5.76. The number of amides is 1. The lowest BCUT2D eigenvalue weighted by atomic mass is 10.0. The van der Waals surface area contributed by atoms with Gasteiger partial charge in [-0.3, -0.25) is 9.69 Å². The van der Waals surface area contributed by atoms with E-state index in [1.807, 2.05) is 23.7 Å². The van der Waals surface area contributed by atoms with Gasteiger partial charge in [0, 0.05) is 50.5 Å². The van der Waals surface area contributed by atoms with Crippen molar-refractivity contribution in [2.75, 3.05) is 40.0 Å². The molecule has 4 rings (SSSR count). The molecule has 3 atom stereocenters. The van der Waals surface area contributed by atoms with Gasteiger partial charge in [0.1, 0.15) is 0 Å². The number of hydrogen-bond donors (Lipinski definition) is 1. The van der Waals surface area contributed by atoms with Crippen LogP contribution in [0.5, 0.6) is 11.5 Å². The van der Waals surface area contributed by atoms with Gasteiger partial charge in [-0.05, 0) is 26.5 Å². The summed E-state index contributed by atoms with van der Waals surface area (Å²) in [6, 6.07) is 5.77. The lowest BCUT2D eigenvalue weighted by Crippen LogP contribution is -2.47. The number of para-hydroxylation sites is 1. The van der Waals surface area contributed by atoms with E-state index in [1.165, 1.54) is 0 Å². The summed E-state index contributed by atoms with van der Waals surface area (Å²) in [5, 5.41) is 18.0. The molecule has 0 bridgehead atoms. The second-order valence-electron chi connectivity index (χ2n) is 9.95. The fourth-order valence-electron chi connectivity index (χ4n) is 4.79. The number of aliphatic hydroxyl groups excluding tert-OH is 1. The quantitative estimate of drug-likeness (QED) is 0.642. The standard InChI is InChI=1S/C26H39N5O5/c1-19-14-30(20(2)17-32)25(33)9-5-10-31-22(13-27-28-31)18-36-24(19)16-29(3)15-21-7-4-8-23-26(21)35-12-6-11-34-23/h4,7-8,13,19-20,24,32H,5-6,9-12,14-18H2,1-3H3/t19-,20+,24-/m1/s1. The number of benzene rings is 1. The van der Waals surface area contributed by atoms with Gasteiger partial charge in [0.25, 0.3) is 0 Å². The van der Waals surface area contributed by atoms with E-state index in [1.54, 1.807) is 11.1 Å². The largest absolute Gasteiger partial charge is 0.490 e. The predicted octanol–water partition coefficient (Wildman–Crippen LogP) is 2.10. The first kappa shape index (κ1) is 26.4. The van der Waals surface area contributed by atoms with Crippen molar-refractivity contribution in [2.45, 2.75) is 65.0 Å². The van der Waals surface area contributed by atoms with Crippen LogP contribution in [0.15, 0.2) is 24.4 Å². The second kappa shape index (κ2) is 12.5. The molecule has 2 aliphatic rings. The molecule has 1 amide bonds. The number of nitrogens with zero attached hydrogens (tertiary/aromatic N) is 5. The Bertz CT molecular complexity index is 999. The van der Waals surface area contributed by atoms with Crippen molar-refractivity contribution in [1.82, 2.24) is 24.8 Å². The van der Waals surface area contributed by atoms with Crippen LogP contribution in [0.25, 0.3) is 0 Å². The molecule has 0 aliphatic carbocycles. The Morgan fingerprint density at radius 3 is 2.92 bits per heavy atom. The third-order valence-electron chi connectivity index (χ3n) is 6.92. The molecule has 1 aromatic carbocycles. The van der Waals surface area contributed by atoms with Crippen molar-refractivity contribution in [3.8, 4) is 11.5 Å². The number of aromatic nitrogens is 3. The van der Waals surface area contributed by atoms with E-state index < -0.39 is 0 Å². The maximum absolute atomic E-state index is 13.1. The van der Waals surface area contributed by atoms with Gasteiger partial charge in [-0.2, -0.15) is 0 Å². The summed E-state index contributed by atoms with van der Waals surface area (Å²) in [4.78, 5) is 17.1. The first-order chi connectivity index (χ1) is 17.5. The van der Waals surface area contributed by atoms with E-state index in [-0.39, 0.29) is 30.6 Å². The average Bonchev–Trinajstić information content (AvgIpc) is 3.16. The van der Waals surface area contributed by atoms with Gasteiger partial charge in [0.2, 0.25) is 5.91 Å². The van der Waals surface area contributed by atoms with Crippen LogP contribution >= 0.6 is 0 Å². The lowest BCUT2D eigenvalue weighted by Gasteiger charge is -2.35. The van der Waals surface area contributed by atoms with Crippen LogP contribution in [-0.2, 0) is 29.2 Å². The van der Waals surface area contributed by atoms with Crippen LogP contribution in [0.2, 0.25) is 0 Å². The summed E-state index contributed by atoms with van der Waals surface area (Å²) in [6.45, 7) is 8.08. The molecule has 0 saturated carbocycles. The molecule has 198 valence electrons. The Hall–Kier alpha value is -2.69. The predicted molar refractivity (Wildman–Crippen MR) is 134 cm³/mol. The van der Waals surface area contributed by atoms with E-state index in [0.717, 1.165) is 29.2 Å². The number of carbonyl (C=O) groups excluding carboxylic acids is 1. The Morgan fingerprint density at radius 2 is 2.08 bits per heavy atom. The minimum Gasteiger partial charge on any atom is -0.490 e. The summed E-state index contributed by atoms with van der Waals surface area (Å²) in [7, 11) is 2.06. The van der Waals surface area contributed by atoms with Gasteiger partial charge in [0.05, 0.1) is 50.5 Å². The van der Waals surface area contributed by atoms with Crippen LogP contribution in [0.1, 0.15) is 44.4 Å². The SMILES string of the molecule is C[C@@H]1CN([C@@H](C)CO)C(=O)CCCn2nncc2CO[C@@H]1CN(C)Cc1cccc2c1OCCCO2. The summed E-state index contributed by atoms with van der Waals surface area (Å²) in [6.07, 6.45) is 3.51. The first-order valence-corrected chi connectivity index (χ1v) is 12.9. The molecule has 0 fully saturated rings. The maximum atomic E-state index is 13.1. The summed E-state index contributed by atoms with van der Waals surface area (Å²) in [5.74, 6) is 1.70. The number of ether oxygens (including phenoxy) is 3. The molecule has 3 heterocycles. The van der Waals surface area contributed by atoms with Crippen LogP contribution < -0.4 is 9.47 Å². The minimum absolute atomic E-state index is 0.0432. The maximum Gasteiger partial charge on any atom is 0.222 e. The van der Waals surface area contributed by atoms with Gasteiger partial charge in [-0.1, -0.05) is 24.3 Å². The van der Waals surface area contributed by atoms with Gasteiger partial charge >= 0.3 is 0 Å². The molecular formula is C26H39N5O5. The monoisotopic (exact) mass is 501 g/mol. The van der Waals surface area contributed by atoms with Crippen molar-refractivity contribution in [2.24, 2.45) is 5.92 Å². The molecule has 36 heavy (non-hydrogen) atoms. The molecule has 2 aliphatic heterocycles. The van der Waals surface area contributed by atoms with E-state index in [0.29, 0.717) is 58.8 Å². The molecule has 10 heteroatoms. The van der Waals surface area contributed by atoms with Crippen molar-refractivity contribution in [3.63, 3.8) is 0 Å². The average molecular weight is 502 g/mol. The van der Waals surface area contributed by atoms with Crippen LogP contribution in [-0.4, -0.2) is 87.9 Å². The van der Waals surface area contributed by atoms with Gasteiger partial charge < -0.3 is 24.2 Å². The Morgan fingerprint density at radius 1 is 1.25 bits per heavy atom. The van der Waals surface area contributed by atoms with E-state index in [9.17, 15) is 9.90 Å². The Kier molecular flexibility index (Phi) is 9.17. The Labute approximate surface area is 213 Å². The van der Waals surface area contributed by atoms with Crippen LogP contribution in [0.4, 0.5) is 0 Å². The molecule has 2 aromatic rings. The van der Waals surface area contributed by atoms with Crippen molar-refractivity contribution in [3.05, 3.63) is 35.7 Å². The van der Waals surface area contributed by atoms with Crippen molar-refractivity contribution >= 4 is 5.91 Å². The highest BCUT2D eigenvalue weighted by Gasteiger charge is 2.28.